The van der Waals surface area contributed by atoms with E-state index in [2.05, 4.69) is 0 Å². The molecule has 0 fully saturated rings. The van der Waals surface area contributed by atoms with E-state index < -0.39 is 0 Å². The smallest absolute Gasteiger partial charge is 0.124 e. The van der Waals surface area contributed by atoms with Gasteiger partial charge < -0.3 is 4.79 Å². The van der Waals surface area contributed by atoms with Crippen molar-refractivity contribution in [2.24, 2.45) is 0 Å². The second-order valence-corrected chi connectivity index (χ2v) is 2.87. The molecule has 0 aliphatic carbocycles. The van der Waals surface area contributed by atoms with E-state index >= 15 is 0 Å². The van der Waals surface area contributed by atoms with E-state index in [1.54, 1.807) is 0 Å². The fourth-order valence-corrected chi connectivity index (χ4v) is 1.22. The second-order valence-electron chi connectivity index (χ2n) is 2.47. The third-order valence-corrected chi connectivity index (χ3v) is 1.86. The first kappa shape index (κ1) is 8.28. The Morgan fingerprint density at radius 1 is 1.55 bits per heavy atom. The first-order chi connectivity index (χ1) is 5.24. The molecule has 2 heteroatoms. The van der Waals surface area contributed by atoms with Gasteiger partial charge in [-0.15, -0.1) is 0 Å². The van der Waals surface area contributed by atoms with Crippen LogP contribution in [0.15, 0.2) is 18.2 Å². The minimum atomic E-state index is 0.402. The van der Waals surface area contributed by atoms with Gasteiger partial charge in [-0.1, -0.05) is 23.7 Å². The van der Waals surface area contributed by atoms with Crippen LogP contribution < -0.4 is 0 Å². The Morgan fingerprint density at radius 2 is 2.27 bits per heavy atom. The topological polar surface area (TPSA) is 17.1 Å². The zero-order valence-corrected chi connectivity index (χ0v) is 7.06. The Hall–Kier alpha value is -0.820. The van der Waals surface area contributed by atoms with Crippen LogP contribution in [0, 0.1) is 6.92 Å². The summed E-state index contributed by atoms with van der Waals surface area (Å²) in [5.74, 6) is 0. The van der Waals surface area contributed by atoms with E-state index in [4.69, 9.17) is 11.6 Å². The van der Waals surface area contributed by atoms with Crippen molar-refractivity contribution in [2.75, 3.05) is 0 Å². The fourth-order valence-electron chi connectivity index (χ4n) is 0.908. The predicted octanol–water partition coefficient (Wildman–Crippen LogP) is 2.39. The number of hydrogen-bond donors (Lipinski definition) is 0. The Balaban J connectivity index is 2.98. The molecule has 0 saturated carbocycles. The van der Waals surface area contributed by atoms with Gasteiger partial charge in [-0.25, -0.2) is 0 Å². The normalized spacial score (nSPS) is 9.64. The summed E-state index contributed by atoms with van der Waals surface area (Å²) in [4.78, 5) is 10.2. The van der Waals surface area contributed by atoms with Crippen molar-refractivity contribution < 1.29 is 4.79 Å². The van der Waals surface area contributed by atoms with Gasteiger partial charge in [-0.3, -0.25) is 0 Å². The molecule has 0 saturated heterocycles. The quantitative estimate of drug-likeness (QED) is 0.620. The molecule has 0 radical (unpaired) electrons. The van der Waals surface area contributed by atoms with Crippen LogP contribution in [0.3, 0.4) is 0 Å². The van der Waals surface area contributed by atoms with E-state index in [1.165, 1.54) is 0 Å². The van der Waals surface area contributed by atoms with Crippen LogP contribution in [0.1, 0.15) is 11.1 Å². The van der Waals surface area contributed by atoms with Crippen LogP contribution in [0.25, 0.3) is 0 Å². The number of aryl methyl sites for hydroxylation is 1. The zero-order chi connectivity index (χ0) is 8.27. The van der Waals surface area contributed by atoms with Crippen molar-refractivity contribution in [3.8, 4) is 0 Å². The molecule has 1 nitrogen and oxygen atoms in total. The van der Waals surface area contributed by atoms with E-state index in [1.807, 2.05) is 25.1 Å². The molecule has 0 atom stereocenters. The lowest BCUT2D eigenvalue weighted by Gasteiger charge is -1.99. The Morgan fingerprint density at radius 3 is 2.82 bits per heavy atom. The molecule has 0 bridgehead atoms. The Kier molecular flexibility index (Phi) is 2.66. The zero-order valence-electron chi connectivity index (χ0n) is 6.30. The average Bonchev–Trinajstić information content (AvgIpc) is 1.95. The van der Waals surface area contributed by atoms with Gasteiger partial charge in [0.15, 0.2) is 0 Å². The van der Waals surface area contributed by atoms with Gasteiger partial charge in [-0.2, -0.15) is 0 Å². The largest absolute Gasteiger partial charge is 0.303 e. The summed E-state index contributed by atoms with van der Waals surface area (Å²) in [7, 11) is 0. The van der Waals surface area contributed by atoms with Gasteiger partial charge in [0.25, 0.3) is 0 Å². The summed E-state index contributed by atoms with van der Waals surface area (Å²) in [6.45, 7) is 1.97. The molecule has 58 valence electrons. The molecule has 0 aromatic heterocycles. The number of benzene rings is 1. The Labute approximate surface area is 71.0 Å². The van der Waals surface area contributed by atoms with Gasteiger partial charge in [-0.05, 0) is 24.1 Å². The van der Waals surface area contributed by atoms with Crippen molar-refractivity contribution >= 4 is 17.9 Å². The van der Waals surface area contributed by atoms with Crippen molar-refractivity contribution in [1.82, 2.24) is 0 Å². The lowest BCUT2D eigenvalue weighted by atomic mass is 10.1. The number of halogens is 1. The highest BCUT2D eigenvalue weighted by Crippen LogP contribution is 2.16. The summed E-state index contributed by atoms with van der Waals surface area (Å²) in [5, 5.41) is 0.678. The van der Waals surface area contributed by atoms with Gasteiger partial charge in [0.05, 0.1) is 0 Å². The number of hydrogen-bond acceptors (Lipinski definition) is 1. The van der Waals surface area contributed by atoms with Gasteiger partial charge >= 0.3 is 0 Å². The van der Waals surface area contributed by atoms with E-state index in [0.29, 0.717) is 11.4 Å². The maximum atomic E-state index is 10.2. The van der Waals surface area contributed by atoms with Crippen molar-refractivity contribution in [2.45, 2.75) is 13.3 Å². The fraction of sp³-hybridized carbons (Fsp3) is 0.222. The minimum absolute atomic E-state index is 0.402. The Bertz CT molecular complexity index is 268. The molecule has 1 aromatic carbocycles. The summed E-state index contributed by atoms with van der Waals surface area (Å²) >= 11 is 5.85. The number of carbonyl (C=O) groups is 1. The first-order valence-electron chi connectivity index (χ1n) is 3.42. The standard InChI is InChI=1S/C9H9ClO/c1-7-2-3-8(4-5-11)9(10)6-7/h2-3,5-6H,4H2,1H3. The van der Waals surface area contributed by atoms with Crippen molar-refractivity contribution in [3.05, 3.63) is 34.3 Å². The SMILES string of the molecule is Cc1ccc(CC=O)c(Cl)c1. The first-order valence-corrected chi connectivity index (χ1v) is 3.80. The maximum Gasteiger partial charge on any atom is 0.124 e. The van der Waals surface area contributed by atoms with Crippen molar-refractivity contribution in [3.63, 3.8) is 0 Å². The third kappa shape index (κ3) is 2.05. The molecule has 0 aliphatic heterocycles. The molecule has 1 aromatic rings. The lowest BCUT2D eigenvalue weighted by molar-refractivity contribution is -0.107. The maximum absolute atomic E-state index is 10.2. The van der Waals surface area contributed by atoms with Crippen LogP contribution in [0.5, 0.6) is 0 Å². The van der Waals surface area contributed by atoms with Crippen LogP contribution in [-0.2, 0) is 11.2 Å². The number of aldehydes is 1. The van der Waals surface area contributed by atoms with Crippen LogP contribution in [-0.4, -0.2) is 6.29 Å². The summed E-state index contributed by atoms with van der Waals surface area (Å²) in [6, 6.07) is 5.69. The molecule has 0 aliphatic rings. The number of rotatable bonds is 2. The molecule has 0 heterocycles. The molecule has 1 rings (SSSR count). The minimum Gasteiger partial charge on any atom is -0.303 e. The van der Waals surface area contributed by atoms with Crippen LogP contribution in [0.2, 0.25) is 5.02 Å². The van der Waals surface area contributed by atoms with Gasteiger partial charge in [0.1, 0.15) is 6.29 Å². The lowest BCUT2D eigenvalue weighted by Crippen LogP contribution is -1.87. The molecular weight excluding hydrogens is 160 g/mol. The molecule has 0 unspecified atom stereocenters. The van der Waals surface area contributed by atoms with E-state index in [-0.39, 0.29) is 0 Å². The van der Waals surface area contributed by atoms with Gasteiger partial charge in [0.2, 0.25) is 0 Å². The monoisotopic (exact) mass is 168 g/mol. The van der Waals surface area contributed by atoms with Crippen molar-refractivity contribution in [1.29, 1.82) is 0 Å². The average molecular weight is 169 g/mol. The van der Waals surface area contributed by atoms with Crippen LogP contribution >= 0.6 is 11.6 Å². The van der Waals surface area contributed by atoms with E-state index in [0.717, 1.165) is 17.4 Å². The second kappa shape index (κ2) is 3.54. The van der Waals surface area contributed by atoms with E-state index in [9.17, 15) is 4.79 Å². The highest BCUT2D eigenvalue weighted by molar-refractivity contribution is 6.31. The highest BCUT2D eigenvalue weighted by Gasteiger charge is 1.97. The van der Waals surface area contributed by atoms with Gasteiger partial charge in [0, 0.05) is 11.4 Å². The summed E-state index contributed by atoms with van der Waals surface area (Å²) in [5.41, 5.74) is 2.01. The molecule has 0 amide bonds. The number of carbonyl (C=O) groups excluding carboxylic acids is 1. The molecular formula is C9H9ClO. The molecule has 0 N–H and O–H groups in total. The highest BCUT2D eigenvalue weighted by atomic mass is 35.5. The molecule has 0 spiro atoms. The summed E-state index contributed by atoms with van der Waals surface area (Å²) < 4.78 is 0. The third-order valence-electron chi connectivity index (χ3n) is 1.51. The van der Waals surface area contributed by atoms with Crippen LogP contribution in [0.4, 0.5) is 0 Å². The predicted molar refractivity (Wildman–Crippen MR) is 46.0 cm³/mol. The summed E-state index contributed by atoms with van der Waals surface area (Å²) in [6.07, 6.45) is 1.26. The molecule has 11 heavy (non-hydrogen) atoms.